The number of ether oxygens (including phenoxy) is 2. The molecule has 11 nitrogen and oxygen atoms in total. The van der Waals surface area contributed by atoms with E-state index in [1.807, 2.05) is 20.8 Å². The molecule has 2 saturated heterocycles. The first-order valence-electron chi connectivity index (χ1n) is 16.8. The zero-order valence-electron chi connectivity index (χ0n) is 28.7. The molecule has 2 fully saturated rings. The first-order chi connectivity index (χ1) is 20.6. The molecule has 0 bridgehead atoms. The van der Waals surface area contributed by atoms with Crippen molar-refractivity contribution in [1.82, 2.24) is 19.6 Å². The van der Waals surface area contributed by atoms with Crippen molar-refractivity contribution in [3.8, 4) is 0 Å². The van der Waals surface area contributed by atoms with Crippen LogP contribution < -0.4 is 0 Å². The van der Waals surface area contributed by atoms with Gasteiger partial charge >= 0.3 is 17.1 Å². The molecule has 0 saturated carbocycles. The van der Waals surface area contributed by atoms with E-state index in [1.54, 1.807) is 0 Å². The molecule has 0 spiro atoms. The summed E-state index contributed by atoms with van der Waals surface area (Å²) in [5.41, 5.74) is 0. The number of aliphatic hydroxyl groups is 1. The minimum atomic E-state index is -2.45. The predicted molar refractivity (Wildman–Crippen MR) is 177 cm³/mol. The molecule has 0 amide bonds. The van der Waals surface area contributed by atoms with Gasteiger partial charge in [-0.15, -0.1) is 0 Å². The van der Waals surface area contributed by atoms with Crippen molar-refractivity contribution in [3.63, 3.8) is 0 Å². The van der Waals surface area contributed by atoms with Crippen LogP contribution in [0.3, 0.4) is 0 Å². The van der Waals surface area contributed by atoms with Crippen LogP contribution in [0.5, 0.6) is 0 Å². The van der Waals surface area contributed by atoms with Crippen LogP contribution in [0.15, 0.2) is 0 Å². The lowest BCUT2D eigenvalue weighted by Gasteiger charge is -2.37. The van der Waals surface area contributed by atoms with Crippen LogP contribution in [-0.4, -0.2) is 180 Å². The molecule has 0 aromatic heterocycles. The number of piperazine rings is 2. The van der Waals surface area contributed by atoms with E-state index in [0.717, 1.165) is 83.8 Å². The van der Waals surface area contributed by atoms with E-state index in [-0.39, 0.29) is 6.10 Å². The second kappa shape index (κ2) is 21.7. The summed E-state index contributed by atoms with van der Waals surface area (Å²) in [6.07, 6.45) is 1.27. The van der Waals surface area contributed by atoms with Gasteiger partial charge in [-0.25, -0.2) is 0 Å². The van der Waals surface area contributed by atoms with Gasteiger partial charge in [0.1, 0.15) is 0 Å². The van der Waals surface area contributed by atoms with Gasteiger partial charge in [0.15, 0.2) is 0 Å². The van der Waals surface area contributed by atoms with E-state index in [1.165, 1.54) is 0 Å². The van der Waals surface area contributed by atoms with E-state index < -0.39 is 23.2 Å². The lowest BCUT2D eigenvalue weighted by atomic mass is 10.3. The normalized spacial score (nSPS) is 21.2. The molecule has 2 rings (SSSR count). The van der Waals surface area contributed by atoms with Crippen molar-refractivity contribution < 1.29 is 32.3 Å². The van der Waals surface area contributed by atoms with Gasteiger partial charge in [-0.2, -0.15) is 0 Å². The lowest BCUT2D eigenvalue weighted by Crippen LogP contribution is -2.51. The van der Waals surface area contributed by atoms with Gasteiger partial charge in [0.2, 0.25) is 0 Å². The third-order valence-corrected chi connectivity index (χ3v) is 14.4. The number of likely N-dealkylation sites (N-methyl/N-ethyl adjacent to an activating group) is 2. The Morgan fingerprint density at radius 2 is 1.07 bits per heavy atom. The fourth-order valence-corrected chi connectivity index (χ4v) is 10.8. The van der Waals surface area contributed by atoms with Crippen molar-refractivity contribution in [3.05, 3.63) is 0 Å². The van der Waals surface area contributed by atoms with Crippen LogP contribution in [0, 0.1) is 0 Å². The van der Waals surface area contributed by atoms with Gasteiger partial charge in [-0.05, 0) is 72.9 Å². The highest BCUT2D eigenvalue weighted by molar-refractivity contribution is 6.66. The Labute approximate surface area is 265 Å². The Bertz CT molecular complexity index is 697. The minimum absolute atomic E-state index is 0.0413. The fraction of sp³-hybridized carbons (Fsp3) is 1.00. The molecule has 2 aliphatic heterocycles. The molecule has 0 aromatic rings. The molecule has 0 aliphatic carbocycles. The first-order valence-corrected chi connectivity index (χ1v) is 21.9. The van der Waals surface area contributed by atoms with E-state index >= 15 is 0 Å². The molecule has 3 unspecified atom stereocenters. The lowest BCUT2D eigenvalue weighted by molar-refractivity contribution is -0.00103. The molecule has 0 aromatic carbocycles. The number of rotatable bonds is 24. The third kappa shape index (κ3) is 16.9. The summed E-state index contributed by atoms with van der Waals surface area (Å²) < 4.78 is 37.3. The highest BCUT2D eigenvalue weighted by Crippen LogP contribution is 2.21. The van der Waals surface area contributed by atoms with Crippen molar-refractivity contribution in [2.24, 2.45) is 0 Å². The Kier molecular flexibility index (Phi) is 19.8. The van der Waals surface area contributed by atoms with Crippen molar-refractivity contribution in [2.75, 3.05) is 126 Å². The third-order valence-electron chi connectivity index (χ3n) is 8.34. The first kappa shape index (κ1) is 39.2. The highest BCUT2D eigenvalue weighted by atomic mass is 28.4. The maximum Gasteiger partial charge on any atom is 0.335 e. The van der Waals surface area contributed by atoms with Crippen molar-refractivity contribution in [1.29, 1.82) is 0 Å². The number of nitrogens with zero attached hydrogens (tertiary/aromatic N) is 4. The van der Waals surface area contributed by atoms with Gasteiger partial charge < -0.3 is 42.1 Å². The minimum Gasteiger partial charge on any atom is -0.395 e. The summed E-state index contributed by atoms with van der Waals surface area (Å²) in [5.74, 6) is 0. The quantitative estimate of drug-likeness (QED) is 0.123. The van der Waals surface area contributed by atoms with E-state index in [2.05, 4.69) is 46.8 Å². The summed E-state index contributed by atoms with van der Waals surface area (Å²) in [6.45, 7) is 24.5. The summed E-state index contributed by atoms with van der Waals surface area (Å²) >= 11 is 0. The van der Waals surface area contributed by atoms with Crippen LogP contribution in [-0.2, 0) is 27.2 Å². The molecule has 2 heterocycles. The molecular formula is C30H66N4O7Si2. The van der Waals surface area contributed by atoms with Crippen LogP contribution >= 0.6 is 0 Å². The average molecular weight is 651 g/mol. The monoisotopic (exact) mass is 650 g/mol. The van der Waals surface area contributed by atoms with Crippen LogP contribution in [0.2, 0.25) is 25.2 Å². The van der Waals surface area contributed by atoms with Crippen molar-refractivity contribution in [2.45, 2.75) is 71.0 Å². The standard InChI is InChI=1S/C30H66N4O7Si2/c1-8-38-42(6,39-9-2)23-11-22-37-28-30(26-34-19-15-32(5)16-20-34)41-43(7,40-10-3)24-12-21-36-27-29(35)25-33-17-13-31(4)14-18-33/h29-30,35H,8-28H2,1-7H3. The zero-order valence-corrected chi connectivity index (χ0v) is 30.7. The Morgan fingerprint density at radius 1 is 0.628 bits per heavy atom. The number of aliphatic hydroxyl groups excluding tert-OH is 1. The van der Waals surface area contributed by atoms with Gasteiger partial charge in [0.25, 0.3) is 0 Å². The van der Waals surface area contributed by atoms with Gasteiger partial charge in [-0.3, -0.25) is 9.80 Å². The molecule has 13 heteroatoms. The van der Waals surface area contributed by atoms with Crippen LogP contribution in [0.1, 0.15) is 33.6 Å². The zero-order chi connectivity index (χ0) is 31.6. The van der Waals surface area contributed by atoms with E-state index in [0.29, 0.717) is 52.8 Å². The van der Waals surface area contributed by atoms with E-state index in [9.17, 15) is 5.11 Å². The largest absolute Gasteiger partial charge is 0.395 e. The maximum atomic E-state index is 10.5. The average Bonchev–Trinajstić information content (AvgIpc) is 2.95. The van der Waals surface area contributed by atoms with Crippen LogP contribution in [0.25, 0.3) is 0 Å². The summed E-state index contributed by atoms with van der Waals surface area (Å²) in [4.78, 5) is 9.52. The Balaban J connectivity index is 1.82. The summed E-state index contributed by atoms with van der Waals surface area (Å²) in [7, 11) is -0.256. The molecular weight excluding hydrogens is 585 g/mol. The second-order valence-corrected chi connectivity index (χ2v) is 19.2. The molecule has 3 atom stereocenters. The number of hydrogen-bond donors (Lipinski definition) is 1. The maximum absolute atomic E-state index is 10.5. The van der Waals surface area contributed by atoms with Crippen LogP contribution in [0.4, 0.5) is 0 Å². The fourth-order valence-electron chi connectivity index (χ4n) is 5.87. The van der Waals surface area contributed by atoms with E-state index in [4.69, 9.17) is 27.2 Å². The summed E-state index contributed by atoms with van der Waals surface area (Å²) in [6, 6.07) is 1.77. The topological polar surface area (TPSA) is 88.6 Å². The summed E-state index contributed by atoms with van der Waals surface area (Å²) in [5, 5.41) is 10.5. The molecule has 2 aliphatic rings. The molecule has 1 N–H and O–H groups in total. The second-order valence-electron chi connectivity index (χ2n) is 12.5. The number of hydrogen-bond acceptors (Lipinski definition) is 11. The molecule has 0 radical (unpaired) electrons. The molecule has 43 heavy (non-hydrogen) atoms. The predicted octanol–water partition coefficient (Wildman–Crippen LogP) is 2.29. The molecule has 256 valence electrons. The Morgan fingerprint density at radius 3 is 1.58 bits per heavy atom. The Hall–Kier alpha value is -0.00623. The van der Waals surface area contributed by atoms with Gasteiger partial charge in [-0.1, -0.05) is 0 Å². The van der Waals surface area contributed by atoms with Crippen molar-refractivity contribution >= 4 is 17.1 Å². The SMILES string of the molecule is CCO[Si](C)(CCCOCC(CN1CCN(C)CC1)O[Si](C)(CCCOCC(O)CN1CCN(C)CC1)OCC)OCC. The van der Waals surface area contributed by atoms with Gasteiger partial charge in [0, 0.05) is 98.5 Å². The van der Waals surface area contributed by atoms with Gasteiger partial charge in [0.05, 0.1) is 25.4 Å². The number of β-amino-alcohol motifs (C(OH)–C–C–N with tert-alkyl or cyclic N) is 1. The smallest absolute Gasteiger partial charge is 0.335 e. The highest BCUT2D eigenvalue weighted by Gasteiger charge is 2.35.